The van der Waals surface area contributed by atoms with Crippen LogP contribution in [0.25, 0.3) is 0 Å². The summed E-state index contributed by atoms with van der Waals surface area (Å²) in [7, 11) is -4.09. The lowest BCUT2D eigenvalue weighted by Gasteiger charge is -2.06. The zero-order chi connectivity index (χ0) is 15.2. The molecule has 0 aliphatic heterocycles. The summed E-state index contributed by atoms with van der Waals surface area (Å²) in [5, 5.41) is 2.94. The molecule has 0 fully saturated rings. The summed E-state index contributed by atoms with van der Waals surface area (Å²) < 4.78 is 59.9. The van der Waals surface area contributed by atoms with Crippen LogP contribution in [0.4, 0.5) is 19.0 Å². The van der Waals surface area contributed by atoms with Crippen LogP contribution < -0.4 is 10.0 Å². The van der Waals surface area contributed by atoms with Gasteiger partial charge in [-0.2, -0.15) is 13.2 Å². The van der Waals surface area contributed by atoms with E-state index in [4.69, 9.17) is 0 Å². The molecule has 0 unspecified atom stereocenters. The topological polar surface area (TPSA) is 71.1 Å². The number of aryl methyl sites for hydroxylation is 1. The molecule has 0 radical (unpaired) electrons. The van der Waals surface area contributed by atoms with E-state index in [-0.39, 0.29) is 24.6 Å². The second-order valence-electron chi connectivity index (χ2n) is 3.93. The number of anilines is 1. The maximum absolute atomic E-state index is 11.8. The Labute approximate surface area is 115 Å². The molecule has 5 nitrogen and oxygen atoms in total. The van der Waals surface area contributed by atoms with E-state index in [0.29, 0.717) is 5.82 Å². The fraction of sp³-hybridized carbons (Fsp3) is 0.364. The summed E-state index contributed by atoms with van der Waals surface area (Å²) in [6.45, 7) is 2.02. The molecule has 0 saturated heterocycles. The van der Waals surface area contributed by atoms with Crippen molar-refractivity contribution in [2.24, 2.45) is 0 Å². The van der Waals surface area contributed by atoms with E-state index in [2.05, 4.69) is 10.3 Å². The third-order valence-corrected chi connectivity index (χ3v) is 3.19. The zero-order valence-corrected chi connectivity index (χ0v) is 11.4. The van der Waals surface area contributed by atoms with Crippen LogP contribution in [0.5, 0.6) is 0 Å². The van der Waals surface area contributed by atoms with Gasteiger partial charge in [-0.15, -0.1) is 0 Å². The molecule has 112 valence electrons. The van der Waals surface area contributed by atoms with Gasteiger partial charge >= 0.3 is 6.18 Å². The van der Waals surface area contributed by atoms with Gasteiger partial charge in [0.1, 0.15) is 5.82 Å². The number of alkyl halides is 3. The number of aromatic nitrogens is 1. The molecular formula is C11H14F3N3O2S. The third kappa shape index (κ3) is 7.10. The lowest BCUT2D eigenvalue weighted by atomic mass is 10.3. The Bertz CT molecular complexity index is 571. The number of nitrogens with zero attached hydrogens (tertiary/aromatic N) is 1. The number of nitrogens with one attached hydrogen (secondary N) is 2. The van der Waals surface area contributed by atoms with Gasteiger partial charge in [-0.25, -0.2) is 18.1 Å². The maximum Gasteiger partial charge on any atom is 0.410 e. The highest BCUT2D eigenvalue weighted by Gasteiger charge is 2.23. The minimum absolute atomic E-state index is 0.0554. The first kappa shape index (κ1) is 16.4. The third-order valence-electron chi connectivity index (χ3n) is 2.09. The van der Waals surface area contributed by atoms with Crippen LogP contribution in [0.3, 0.4) is 0 Å². The second-order valence-corrected chi connectivity index (χ2v) is 5.58. The van der Waals surface area contributed by atoms with Crippen molar-refractivity contribution in [2.45, 2.75) is 13.1 Å². The first-order valence-corrected chi connectivity index (χ1v) is 7.15. The van der Waals surface area contributed by atoms with Gasteiger partial charge in [0.25, 0.3) is 0 Å². The summed E-state index contributed by atoms with van der Waals surface area (Å²) in [6, 6.07) is 3.56. The van der Waals surface area contributed by atoms with E-state index in [1.54, 1.807) is 18.3 Å². The molecule has 1 rings (SSSR count). The van der Waals surface area contributed by atoms with Crippen molar-refractivity contribution in [1.29, 1.82) is 0 Å². The van der Waals surface area contributed by atoms with Gasteiger partial charge in [-0.1, -0.05) is 0 Å². The Morgan fingerprint density at radius 3 is 2.65 bits per heavy atom. The Kier molecular flexibility index (Phi) is 5.52. The molecule has 0 aromatic carbocycles. The molecule has 0 bridgehead atoms. The van der Waals surface area contributed by atoms with Crippen molar-refractivity contribution in [3.63, 3.8) is 0 Å². The highest BCUT2D eigenvalue weighted by atomic mass is 32.2. The van der Waals surface area contributed by atoms with Crippen LogP contribution in [-0.4, -0.2) is 32.7 Å². The highest BCUT2D eigenvalue weighted by Crippen LogP contribution is 2.16. The molecule has 0 aliphatic rings. The number of pyridine rings is 1. The Hall–Kier alpha value is -1.61. The molecule has 0 amide bonds. The van der Waals surface area contributed by atoms with Crippen LogP contribution in [0.15, 0.2) is 29.8 Å². The molecule has 1 aromatic heterocycles. The molecule has 1 aromatic rings. The Morgan fingerprint density at radius 1 is 1.35 bits per heavy atom. The van der Waals surface area contributed by atoms with Crippen LogP contribution in [-0.2, 0) is 10.0 Å². The van der Waals surface area contributed by atoms with E-state index < -0.39 is 16.2 Å². The molecule has 0 atom stereocenters. The van der Waals surface area contributed by atoms with Gasteiger partial charge in [0.05, 0.1) is 5.41 Å². The summed E-state index contributed by atoms with van der Waals surface area (Å²) in [5.41, 5.74) is 0.983. The van der Waals surface area contributed by atoms with Crippen molar-refractivity contribution >= 4 is 15.8 Å². The lowest BCUT2D eigenvalue weighted by molar-refractivity contribution is -0.0797. The quantitative estimate of drug-likeness (QED) is 0.786. The Morgan fingerprint density at radius 2 is 2.05 bits per heavy atom. The van der Waals surface area contributed by atoms with Crippen LogP contribution >= 0.6 is 0 Å². The van der Waals surface area contributed by atoms with Crippen molar-refractivity contribution in [3.8, 4) is 0 Å². The summed E-state index contributed by atoms with van der Waals surface area (Å²) >= 11 is 0. The van der Waals surface area contributed by atoms with Crippen molar-refractivity contribution in [1.82, 2.24) is 9.71 Å². The summed E-state index contributed by atoms with van der Waals surface area (Å²) in [4.78, 5) is 3.99. The van der Waals surface area contributed by atoms with Gasteiger partial charge in [0.2, 0.25) is 10.0 Å². The number of allylic oxidation sites excluding steroid dienone is 1. The fourth-order valence-electron chi connectivity index (χ4n) is 1.23. The van der Waals surface area contributed by atoms with Gasteiger partial charge in [-0.3, -0.25) is 0 Å². The summed E-state index contributed by atoms with van der Waals surface area (Å²) in [5.74, 6) is 0.565. The van der Waals surface area contributed by atoms with E-state index in [1.807, 2.05) is 11.6 Å². The van der Waals surface area contributed by atoms with E-state index in [9.17, 15) is 21.6 Å². The molecule has 9 heteroatoms. The largest absolute Gasteiger partial charge is 0.410 e. The average molecular weight is 309 g/mol. The fourth-order valence-corrected chi connectivity index (χ4v) is 2.05. The first-order valence-electron chi connectivity index (χ1n) is 5.60. The molecule has 0 spiro atoms. The molecule has 2 N–H and O–H groups in total. The lowest BCUT2D eigenvalue weighted by Crippen LogP contribution is -2.27. The molecular weight excluding hydrogens is 295 g/mol. The number of sulfonamides is 1. The van der Waals surface area contributed by atoms with Crippen molar-refractivity contribution < 1.29 is 21.6 Å². The molecule has 20 heavy (non-hydrogen) atoms. The van der Waals surface area contributed by atoms with E-state index in [0.717, 1.165) is 5.56 Å². The van der Waals surface area contributed by atoms with E-state index in [1.165, 1.54) is 0 Å². The number of hydrogen-bond donors (Lipinski definition) is 2. The standard InChI is InChI=1S/C11H14F3N3O2S/c1-9-2-4-15-10(8-9)16-5-6-17-20(18,19)7-3-11(12,13)14/h2-4,7-8,17H,5-6H2,1H3,(H,15,16)/b7-3+. The van der Waals surface area contributed by atoms with Gasteiger partial charge in [0.15, 0.2) is 0 Å². The smallest absolute Gasteiger partial charge is 0.369 e. The van der Waals surface area contributed by atoms with Crippen molar-refractivity contribution in [3.05, 3.63) is 35.4 Å². The number of halogens is 3. The first-order chi connectivity index (χ1) is 9.18. The number of rotatable bonds is 6. The predicted octanol–water partition coefficient (Wildman–Crippen LogP) is 1.80. The van der Waals surface area contributed by atoms with Crippen LogP contribution in [0.2, 0.25) is 0 Å². The average Bonchev–Trinajstić information content (AvgIpc) is 2.32. The van der Waals surface area contributed by atoms with E-state index >= 15 is 0 Å². The molecule has 0 saturated carbocycles. The second kappa shape index (κ2) is 6.71. The highest BCUT2D eigenvalue weighted by molar-refractivity contribution is 7.92. The normalized spacial score (nSPS) is 12.8. The van der Waals surface area contributed by atoms with Crippen LogP contribution in [0.1, 0.15) is 5.56 Å². The van der Waals surface area contributed by atoms with Crippen LogP contribution in [0, 0.1) is 6.92 Å². The van der Waals surface area contributed by atoms with Gasteiger partial charge < -0.3 is 5.32 Å². The Balaban J connectivity index is 2.39. The minimum Gasteiger partial charge on any atom is -0.369 e. The SMILES string of the molecule is Cc1ccnc(NCCNS(=O)(=O)/C=C/C(F)(F)F)c1. The molecule has 0 aliphatic carbocycles. The predicted molar refractivity (Wildman–Crippen MR) is 69.6 cm³/mol. The summed E-state index contributed by atoms with van der Waals surface area (Å²) in [6.07, 6.45) is -3.39. The number of hydrogen-bond acceptors (Lipinski definition) is 4. The minimum atomic E-state index is -4.65. The van der Waals surface area contributed by atoms with Crippen molar-refractivity contribution in [2.75, 3.05) is 18.4 Å². The van der Waals surface area contributed by atoms with Gasteiger partial charge in [0, 0.05) is 25.4 Å². The maximum atomic E-state index is 11.8. The zero-order valence-electron chi connectivity index (χ0n) is 10.6. The monoisotopic (exact) mass is 309 g/mol. The molecule has 1 heterocycles. The van der Waals surface area contributed by atoms with Gasteiger partial charge in [-0.05, 0) is 24.6 Å².